The van der Waals surface area contributed by atoms with Crippen LogP contribution >= 0.6 is 0 Å². The fraction of sp³-hybridized carbons (Fsp3) is 0.263. The number of carbonyl (C=O) groups excluding carboxylic acids is 1. The van der Waals surface area contributed by atoms with Crippen LogP contribution < -0.4 is 5.73 Å². The fourth-order valence-electron chi connectivity index (χ4n) is 2.74. The minimum absolute atomic E-state index is 0.0368. The molecule has 0 heterocycles. The number of nitrogens with two attached hydrogens (primary N) is 1. The van der Waals surface area contributed by atoms with Crippen molar-refractivity contribution >= 4 is 29.1 Å². The van der Waals surface area contributed by atoms with Crippen molar-refractivity contribution in [3.8, 4) is 0 Å². The number of carboxylic acid groups (broad SMARTS) is 1. The zero-order chi connectivity index (χ0) is 19.3. The molecule has 0 spiro atoms. The zero-order valence-electron chi connectivity index (χ0n) is 13.8. The Balaban J connectivity index is 2.52. The number of anilines is 1. The lowest BCUT2D eigenvalue weighted by Crippen LogP contribution is -2.20. The number of aldehydes is 1. The Bertz CT molecular complexity index is 792. The summed E-state index contributed by atoms with van der Waals surface area (Å²) in [5.41, 5.74) is 6.80. The maximum absolute atomic E-state index is 13.1. The predicted octanol–water partition coefficient (Wildman–Crippen LogP) is 4.24. The number of benzene rings is 1. The first kappa shape index (κ1) is 19.5. The molecule has 0 fully saturated rings. The van der Waals surface area contributed by atoms with E-state index >= 15 is 0 Å². The van der Waals surface area contributed by atoms with E-state index in [2.05, 4.69) is 0 Å². The second kappa shape index (κ2) is 8.03. The average molecular weight is 365 g/mol. The van der Waals surface area contributed by atoms with Crippen LogP contribution in [0.25, 0.3) is 11.1 Å². The first-order valence-electron chi connectivity index (χ1n) is 7.96. The summed E-state index contributed by atoms with van der Waals surface area (Å²) >= 11 is 0. The number of carbonyl (C=O) groups is 2. The van der Waals surface area contributed by atoms with E-state index in [1.165, 1.54) is 18.2 Å². The molecule has 0 saturated heterocycles. The molecule has 0 radical (unpaired) electrons. The maximum Gasteiger partial charge on any atom is 0.395 e. The first-order valence-corrected chi connectivity index (χ1v) is 7.96. The van der Waals surface area contributed by atoms with Crippen molar-refractivity contribution in [2.24, 2.45) is 5.92 Å². The lowest BCUT2D eigenvalue weighted by Gasteiger charge is -2.16. The van der Waals surface area contributed by atoms with E-state index in [1.807, 2.05) is 0 Å². The van der Waals surface area contributed by atoms with Gasteiger partial charge in [-0.25, -0.2) is 4.79 Å². The molecule has 1 aromatic rings. The lowest BCUT2D eigenvalue weighted by atomic mass is 9.94. The second-order valence-electron chi connectivity index (χ2n) is 5.88. The third-order valence-electron chi connectivity index (χ3n) is 4.07. The highest BCUT2D eigenvalue weighted by Crippen LogP contribution is 2.36. The zero-order valence-corrected chi connectivity index (χ0v) is 13.8. The normalized spacial score (nSPS) is 18.2. The minimum Gasteiger partial charge on any atom is -0.478 e. The minimum atomic E-state index is -4.34. The van der Waals surface area contributed by atoms with Gasteiger partial charge in [-0.1, -0.05) is 30.4 Å². The molecule has 138 valence electrons. The van der Waals surface area contributed by atoms with Crippen molar-refractivity contribution in [3.05, 3.63) is 53.6 Å². The number of aliphatic carboxylic acids is 1. The van der Waals surface area contributed by atoms with Crippen molar-refractivity contribution in [1.82, 2.24) is 0 Å². The quantitative estimate of drug-likeness (QED) is 0.465. The summed E-state index contributed by atoms with van der Waals surface area (Å²) < 4.78 is 39.3. The number of allylic oxidation sites excluding steroid dienone is 5. The van der Waals surface area contributed by atoms with Crippen molar-refractivity contribution < 1.29 is 27.9 Å². The van der Waals surface area contributed by atoms with Crippen LogP contribution in [0.5, 0.6) is 0 Å². The molecule has 0 bridgehead atoms. The van der Waals surface area contributed by atoms with Crippen LogP contribution in [-0.4, -0.2) is 23.5 Å². The van der Waals surface area contributed by atoms with Crippen molar-refractivity contribution in [2.75, 3.05) is 5.73 Å². The summed E-state index contributed by atoms with van der Waals surface area (Å²) in [6, 6.07) is 4.44. The van der Waals surface area contributed by atoms with Gasteiger partial charge in [-0.2, -0.15) is 13.2 Å². The van der Waals surface area contributed by atoms with Gasteiger partial charge >= 0.3 is 12.1 Å². The Hall–Kier alpha value is -2.83. The van der Waals surface area contributed by atoms with Crippen LogP contribution in [0.4, 0.5) is 18.9 Å². The number of alkyl halides is 3. The van der Waals surface area contributed by atoms with Gasteiger partial charge in [-0.3, -0.25) is 0 Å². The number of rotatable bonds is 5. The summed E-state index contributed by atoms with van der Waals surface area (Å²) in [4.78, 5) is 22.0. The van der Waals surface area contributed by atoms with Crippen molar-refractivity contribution in [1.29, 1.82) is 0 Å². The van der Waals surface area contributed by atoms with Crippen LogP contribution in [0.15, 0.2) is 42.5 Å². The smallest absolute Gasteiger partial charge is 0.395 e. The van der Waals surface area contributed by atoms with E-state index in [1.54, 1.807) is 18.2 Å². The average Bonchev–Trinajstić information content (AvgIpc) is 2.82. The summed E-state index contributed by atoms with van der Waals surface area (Å²) in [6.45, 7) is 0. The number of hydrogen-bond acceptors (Lipinski definition) is 3. The Labute approximate surface area is 148 Å². The van der Waals surface area contributed by atoms with Crippen LogP contribution in [0, 0.1) is 5.92 Å². The Morgan fingerprint density at radius 2 is 2.08 bits per heavy atom. The molecule has 7 heteroatoms. The highest BCUT2D eigenvalue weighted by atomic mass is 19.4. The molecule has 1 aromatic carbocycles. The molecule has 1 atom stereocenters. The molecule has 2 rings (SSSR count). The Morgan fingerprint density at radius 1 is 1.35 bits per heavy atom. The Morgan fingerprint density at radius 3 is 2.69 bits per heavy atom. The van der Waals surface area contributed by atoms with E-state index in [4.69, 9.17) is 5.73 Å². The summed E-state index contributed by atoms with van der Waals surface area (Å²) in [6.07, 6.45) is 1.98. The van der Waals surface area contributed by atoms with E-state index in [9.17, 15) is 27.9 Å². The standard InChI is InChI=1S/C19H18F3NO3/c20-19(21,22)14-5-2-1-4-12(10-14)13-7-8-17(23)16(11-13)15(18(25)26)6-3-9-24/h1,4,6-11,14H,2-3,5,23H2,(H,25,26)/b15-6+. The van der Waals surface area contributed by atoms with Crippen LogP contribution in [0.1, 0.15) is 30.4 Å². The van der Waals surface area contributed by atoms with E-state index < -0.39 is 18.1 Å². The molecule has 1 aliphatic carbocycles. The van der Waals surface area contributed by atoms with Crippen LogP contribution in [0.3, 0.4) is 0 Å². The number of nitrogen functional groups attached to an aromatic ring is 1. The second-order valence-corrected chi connectivity index (χ2v) is 5.88. The molecule has 3 N–H and O–H groups in total. The molecule has 26 heavy (non-hydrogen) atoms. The van der Waals surface area contributed by atoms with Gasteiger partial charge in [0.2, 0.25) is 0 Å². The van der Waals surface area contributed by atoms with Gasteiger partial charge in [0, 0.05) is 17.7 Å². The molecule has 0 aromatic heterocycles. The third kappa shape index (κ3) is 4.62. The first-order chi connectivity index (χ1) is 12.2. The van der Waals surface area contributed by atoms with Crippen LogP contribution in [0.2, 0.25) is 0 Å². The third-order valence-corrected chi connectivity index (χ3v) is 4.07. The number of hydrogen-bond donors (Lipinski definition) is 2. The van der Waals surface area contributed by atoms with Gasteiger partial charge < -0.3 is 15.6 Å². The number of carboxylic acids is 1. The summed E-state index contributed by atoms with van der Waals surface area (Å²) in [7, 11) is 0. The van der Waals surface area contributed by atoms with Gasteiger partial charge in [0.25, 0.3) is 0 Å². The summed E-state index contributed by atoms with van der Waals surface area (Å²) in [5, 5.41) is 9.36. The predicted molar refractivity (Wildman–Crippen MR) is 93.0 cm³/mol. The van der Waals surface area contributed by atoms with Crippen molar-refractivity contribution in [3.63, 3.8) is 0 Å². The molecule has 4 nitrogen and oxygen atoms in total. The highest BCUT2D eigenvalue weighted by molar-refractivity contribution is 6.17. The molecular formula is C19H18F3NO3. The van der Waals surface area contributed by atoms with Gasteiger partial charge in [-0.05, 0) is 36.1 Å². The van der Waals surface area contributed by atoms with E-state index in [-0.39, 0.29) is 29.7 Å². The van der Waals surface area contributed by atoms with Crippen LogP contribution in [-0.2, 0) is 9.59 Å². The van der Waals surface area contributed by atoms with Gasteiger partial charge in [0.15, 0.2) is 0 Å². The molecular weight excluding hydrogens is 347 g/mol. The van der Waals surface area contributed by atoms with Crippen molar-refractivity contribution in [2.45, 2.75) is 25.4 Å². The summed E-state index contributed by atoms with van der Waals surface area (Å²) in [5.74, 6) is -2.84. The monoisotopic (exact) mass is 365 g/mol. The Kier molecular flexibility index (Phi) is 6.02. The molecule has 1 unspecified atom stereocenters. The topological polar surface area (TPSA) is 80.4 Å². The highest BCUT2D eigenvalue weighted by Gasteiger charge is 2.38. The van der Waals surface area contributed by atoms with E-state index in [0.717, 1.165) is 6.08 Å². The molecule has 0 aliphatic heterocycles. The van der Waals surface area contributed by atoms with Gasteiger partial charge in [0.1, 0.15) is 6.29 Å². The molecule has 0 amide bonds. The van der Waals surface area contributed by atoms with Gasteiger partial charge in [-0.15, -0.1) is 0 Å². The SMILES string of the molecule is Nc1ccc(C2=CC(C(F)(F)F)CCC=C2)cc1/C(=C\CC=O)C(=O)O. The lowest BCUT2D eigenvalue weighted by molar-refractivity contribution is -0.162. The fourth-order valence-corrected chi connectivity index (χ4v) is 2.74. The number of halogens is 3. The largest absolute Gasteiger partial charge is 0.478 e. The maximum atomic E-state index is 13.1. The van der Waals surface area contributed by atoms with Gasteiger partial charge in [0.05, 0.1) is 11.5 Å². The molecule has 0 saturated carbocycles. The van der Waals surface area contributed by atoms with E-state index in [0.29, 0.717) is 23.8 Å². The molecule has 1 aliphatic rings.